The Bertz CT molecular complexity index is 671. The minimum atomic E-state index is -0.426. The van der Waals surface area contributed by atoms with Crippen LogP contribution in [0.2, 0.25) is 0 Å². The number of rotatable bonds is 6. The molecular formula is C18H23N3O3. The van der Waals surface area contributed by atoms with Crippen molar-refractivity contribution in [2.75, 3.05) is 26.7 Å². The molecule has 2 aromatic rings. The number of carbonyl (C=O) groups is 1. The van der Waals surface area contributed by atoms with Crippen molar-refractivity contribution in [2.24, 2.45) is 0 Å². The number of carbonyl (C=O) groups excluding carboxylic acids is 1. The van der Waals surface area contributed by atoms with Crippen LogP contribution in [0, 0.1) is 0 Å². The second-order valence-corrected chi connectivity index (χ2v) is 6.35. The highest BCUT2D eigenvalue weighted by molar-refractivity contribution is 5.92. The van der Waals surface area contributed by atoms with Crippen LogP contribution in [0.25, 0.3) is 0 Å². The van der Waals surface area contributed by atoms with Gasteiger partial charge >= 0.3 is 0 Å². The van der Waals surface area contributed by atoms with Crippen LogP contribution in [0.5, 0.6) is 0 Å². The number of aliphatic hydroxyl groups is 1. The van der Waals surface area contributed by atoms with E-state index < -0.39 is 6.10 Å². The van der Waals surface area contributed by atoms with Crippen LogP contribution >= 0.6 is 0 Å². The maximum atomic E-state index is 12.3. The summed E-state index contributed by atoms with van der Waals surface area (Å²) < 4.78 is 5.29. The van der Waals surface area contributed by atoms with Crippen molar-refractivity contribution in [3.05, 3.63) is 53.4 Å². The minimum Gasteiger partial charge on any atom is -0.391 e. The molecule has 0 unspecified atom stereocenters. The van der Waals surface area contributed by atoms with E-state index in [1.807, 2.05) is 25.2 Å². The zero-order chi connectivity index (χ0) is 16.9. The van der Waals surface area contributed by atoms with E-state index >= 15 is 0 Å². The molecule has 1 aliphatic rings. The molecule has 1 atom stereocenters. The molecule has 1 aromatic heterocycles. The molecule has 1 aliphatic heterocycles. The molecule has 0 bridgehead atoms. The summed E-state index contributed by atoms with van der Waals surface area (Å²) in [4.78, 5) is 16.0. The molecular weight excluding hydrogens is 306 g/mol. The largest absolute Gasteiger partial charge is 0.391 e. The second-order valence-electron chi connectivity index (χ2n) is 6.35. The Labute approximate surface area is 141 Å². The van der Waals surface area contributed by atoms with Gasteiger partial charge in [-0.05, 0) is 25.5 Å². The lowest BCUT2D eigenvalue weighted by Gasteiger charge is -2.14. The fourth-order valence-corrected chi connectivity index (χ4v) is 2.89. The molecule has 128 valence electrons. The Morgan fingerprint density at radius 2 is 2.21 bits per heavy atom. The summed E-state index contributed by atoms with van der Waals surface area (Å²) in [7, 11) is 2.02. The van der Waals surface area contributed by atoms with E-state index in [0.29, 0.717) is 37.5 Å². The third-order valence-electron chi connectivity index (χ3n) is 4.28. The lowest BCUT2D eigenvalue weighted by Crippen LogP contribution is -2.29. The van der Waals surface area contributed by atoms with E-state index in [-0.39, 0.29) is 5.91 Å². The first-order chi connectivity index (χ1) is 11.6. The highest BCUT2D eigenvalue weighted by atomic mass is 16.5. The van der Waals surface area contributed by atoms with Crippen molar-refractivity contribution >= 4 is 5.91 Å². The number of benzene rings is 1. The fraction of sp³-hybridized carbons (Fsp3) is 0.444. The topological polar surface area (TPSA) is 69.8 Å². The smallest absolute Gasteiger partial charge is 0.276 e. The van der Waals surface area contributed by atoms with Gasteiger partial charge < -0.3 is 14.5 Å². The average molecular weight is 329 g/mol. The Hall–Kier alpha value is -2.18. The van der Waals surface area contributed by atoms with Crippen LogP contribution in [-0.2, 0) is 13.0 Å². The zero-order valence-corrected chi connectivity index (χ0v) is 13.9. The van der Waals surface area contributed by atoms with Gasteiger partial charge in [0.2, 0.25) is 0 Å². The van der Waals surface area contributed by atoms with Crippen molar-refractivity contribution in [1.29, 1.82) is 0 Å². The molecule has 1 N–H and O–H groups in total. The van der Waals surface area contributed by atoms with Gasteiger partial charge in [0.25, 0.3) is 5.91 Å². The summed E-state index contributed by atoms with van der Waals surface area (Å²) in [5, 5.41) is 13.4. The minimum absolute atomic E-state index is 0.173. The second kappa shape index (κ2) is 7.59. The Balaban J connectivity index is 1.51. The van der Waals surface area contributed by atoms with Crippen LogP contribution < -0.4 is 0 Å². The zero-order valence-electron chi connectivity index (χ0n) is 13.9. The van der Waals surface area contributed by atoms with Crippen molar-refractivity contribution in [3.8, 4) is 0 Å². The van der Waals surface area contributed by atoms with E-state index in [1.54, 1.807) is 11.0 Å². The number of hydrogen-bond donors (Lipinski definition) is 1. The monoisotopic (exact) mass is 329 g/mol. The molecule has 6 heteroatoms. The van der Waals surface area contributed by atoms with Gasteiger partial charge in [0.15, 0.2) is 11.5 Å². The molecule has 2 heterocycles. The molecule has 0 radical (unpaired) electrons. The predicted molar refractivity (Wildman–Crippen MR) is 89.5 cm³/mol. The highest BCUT2D eigenvalue weighted by Gasteiger charge is 2.27. The molecule has 1 saturated heterocycles. The number of nitrogens with zero attached hydrogens (tertiary/aromatic N) is 3. The van der Waals surface area contributed by atoms with Crippen LogP contribution in [0.3, 0.4) is 0 Å². The number of aliphatic hydroxyl groups excluding tert-OH is 1. The number of β-amino-alcohol motifs (C(OH)–C–C–N with tert-alkyl or cyclic N) is 1. The maximum Gasteiger partial charge on any atom is 0.276 e. The highest BCUT2D eigenvalue weighted by Crippen LogP contribution is 2.14. The SMILES string of the molecule is CN(CCc1ccccc1)Cc1cc(C(=O)N2CC[C@H](O)C2)no1. The summed E-state index contributed by atoms with van der Waals surface area (Å²) in [6, 6.07) is 12.0. The summed E-state index contributed by atoms with van der Waals surface area (Å²) in [5.41, 5.74) is 1.61. The fourth-order valence-electron chi connectivity index (χ4n) is 2.89. The number of likely N-dealkylation sites (N-methyl/N-ethyl adjacent to an activating group) is 1. The van der Waals surface area contributed by atoms with Crippen molar-refractivity contribution in [2.45, 2.75) is 25.5 Å². The van der Waals surface area contributed by atoms with Gasteiger partial charge in [-0.15, -0.1) is 0 Å². The molecule has 0 aliphatic carbocycles. The van der Waals surface area contributed by atoms with Gasteiger partial charge in [-0.25, -0.2) is 0 Å². The molecule has 24 heavy (non-hydrogen) atoms. The molecule has 1 amide bonds. The first-order valence-electron chi connectivity index (χ1n) is 8.27. The molecule has 0 spiro atoms. The van der Waals surface area contributed by atoms with E-state index in [0.717, 1.165) is 13.0 Å². The molecule has 1 fully saturated rings. The first-order valence-corrected chi connectivity index (χ1v) is 8.27. The van der Waals surface area contributed by atoms with Gasteiger partial charge in [-0.1, -0.05) is 35.5 Å². The predicted octanol–water partition coefficient (Wildman–Crippen LogP) is 1.56. The van der Waals surface area contributed by atoms with E-state index in [2.05, 4.69) is 22.2 Å². The maximum absolute atomic E-state index is 12.3. The molecule has 1 aromatic carbocycles. The molecule has 0 saturated carbocycles. The molecule has 6 nitrogen and oxygen atoms in total. The number of likely N-dealkylation sites (tertiary alicyclic amines) is 1. The van der Waals surface area contributed by atoms with Crippen molar-refractivity contribution in [3.63, 3.8) is 0 Å². The third kappa shape index (κ3) is 4.21. The van der Waals surface area contributed by atoms with Crippen LogP contribution in [-0.4, -0.2) is 58.8 Å². The normalized spacial score (nSPS) is 17.6. The van der Waals surface area contributed by atoms with Crippen LogP contribution in [0.4, 0.5) is 0 Å². The number of aromatic nitrogens is 1. The Morgan fingerprint density at radius 1 is 1.42 bits per heavy atom. The van der Waals surface area contributed by atoms with E-state index in [1.165, 1.54) is 5.56 Å². The van der Waals surface area contributed by atoms with Gasteiger partial charge in [-0.2, -0.15) is 0 Å². The Morgan fingerprint density at radius 3 is 2.92 bits per heavy atom. The molecule has 3 rings (SSSR count). The first kappa shape index (κ1) is 16.7. The summed E-state index contributed by atoms with van der Waals surface area (Å²) >= 11 is 0. The van der Waals surface area contributed by atoms with Crippen LogP contribution in [0.1, 0.15) is 28.2 Å². The number of amides is 1. The van der Waals surface area contributed by atoms with Gasteiger partial charge in [0.05, 0.1) is 12.6 Å². The van der Waals surface area contributed by atoms with E-state index in [4.69, 9.17) is 4.52 Å². The van der Waals surface area contributed by atoms with Gasteiger partial charge in [0, 0.05) is 25.7 Å². The third-order valence-corrected chi connectivity index (χ3v) is 4.28. The van der Waals surface area contributed by atoms with Crippen molar-refractivity contribution in [1.82, 2.24) is 15.0 Å². The Kier molecular flexibility index (Phi) is 5.27. The van der Waals surface area contributed by atoms with Crippen LogP contribution in [0.15, 0.2) is 40.9 Å². The standard InChI is InChI=1S/C18H23N3O3/c1-20(9-7-14-5-3-2-4-6-14)13-16-11-17(19-24-16)18(23)21-10-8-15(22)12-21/h2-6,11,15,22H,7-10,12-13H2,1H3/t15-/m0/s1. The summed E-state index contributed by atoms with van der Waals surface area (Å²) in [5.74, 6) is 0.502. The quantitative estimate of drug-likeness (QED) is 0.871. The lowest BCUT2D eigenvalue weighted by molar-refractivity contribution is 0.0754. The van der Waals surface area contributed by atoms with E-state index in [9.17, 15) is 9.90 Å². The number of hydrogen-bond acceptors (Lipinski definition) is 5. The van der Waals surface area contributed by atoms with Crippen molar-refractivity contribution < 1.29 is 14.4 Å². The van der Waals surface area contributed by atoms with Gasteiger partial charge in [0.1, 0.15) is 0 Å². The summed E-state index contributed by atoms with van der Waals surface area (Å²) in [6.45, 7) is 2.44. The lowest BCUT2D eigenvalue weighted by atomic mass is 10.1. The summed E-state index contributed by atoms with van der Waals surface area (Å²) in [6.07, 6.45) is 1.16. The average Bonchev–Trinajstić information content (AvgIpc) is 3.22. The van der Waals surface area contributed by atoms with Gasteiger partial charge in [-0.3, -0.25) is 9.69 Å².